The number of aromatic nitrogens is 1. The first kappa shape index (κ1) is 22.1. The van der Waals surface area contributed by atoms with Gasteiger partial charge in [0.05, 0.1) is 16.5 Å². The van der Waals surface area contributed by atoms with E-state index in [0.29, 0.717) is 5.71 Å². The van der Waals surface area contributed by atoms with Gasteiger partial charge in [-0.25, -0.2) is 4.98 Å². The van der Waals surface area contributed by atoms with Crippen LogP contribution in [0.3, 0.4) is 0 Å². The second-order valence-electron chi connectivity index (χ2n) is 9.27. The molecule has 0 bridgehead atoms. The molecule has 0 unspecified atom stereocenters. The van der Waals surface area contributed by atoms with Gasteiger partial charge in [0.2, 0.25) is 5.71 Å². The summed E-state index contributed by atoms with van der Waals surface area (Å²) in [6.45, 7) is 0. The first-order chi connectivity index (χ1) is 18.8. The largest absolute Gasteiger partial charge is 0.438 e. The van der Waals surface area contributed by atoms with Crippen LogP contribution in [0.15, 0.2) is 150 Å². The Hall–Kier alpha value is -5.15. The molecule has 0 aliphatic carbocycles. The van der Waals surface area contributed by atoms with E-state index >= 15 is 0 Å². The number of fused-ring (bicyclic) bond motifs is 3. The normalized spacial score (nSPS) is 11.2. The summed E-state index contributed by atoms with van der Waals surface area (Å²) in [5.74, 6) is 0. The van der Waals surface area contributed by atoms with Gasteiger partial charge in [0, 0.05) is 17.6 Å². The van der Waals surface area contributed by atoms with Crippen LogP contribution in [0, 0.1) is 0 Å². The number of nitrogens with zero attached hydrogens (tertiary/aromatic N) is 2. The molecule has 0 amide bonds. The SMILES string of the molecule is c1ccc(-c2ccc(N(c3ccc(-c4ccccc4)cc3)c3cccc4oc5ncccc5c34)cc2)cc1. The second kappa shape index (κ2) is 9.38. The highest BCUT2D eigenvalue weighted by molar-refractivity contribution is 6.12. The molecule has 0 fully saturated rings. The van der Waals surface area contributed by atoms with Gasteiger partial charge < -0.3 is 9.32 Å². The van der Waals surface area contributed by atoms with Gasteiger partial charge in [0.25, 0.3) is 0 Å². The van der Waals surface area contributed by atoms with Crippen LogP contribution in [0.1, 0.15) is 0 Å². The fourth-order valence-electron chi connectivity index (χ4n) is 5.12. The minimum atomic E-state index is 0.647. The molecule has 0 aliphatic rings. The summed E-state index contributed by atoms with van der Waals surface area (Å²) in [5.41, 5.74) is 9.44. The lowest BCUT2D eigenvalue weighted by Crippen LogP contribution is -2.10. The zero-order valence-electron chi connectivity index (χ0n) is 20.7. The standard InChI is InChI=1S/C35H24N2O/c1-3-9-25(10-4-1)27-16-20-29(21-17-27)37(30-22-18-28(19-23-30)26-11-5-2-6-12-26)32-14-7-15-33-34(32)31-13-8-24-36-35(31)38-33/h1-24H. The maximum absolute atomic E-state index is 6.13. The Kier molecular flexibility index (Phi) is 5.45. The monoisotopic (exact) mass is 488 g/mol. The van der Waals surface area contributed by atoms with Crippen LogP contribution < -0.4 is 4.90 Å². The van der Waals surface area contributed by atoms with Crippen LogP contribution in [-0.4, -0.2) is 4.98 Å². The third-order valence-electron chi connectivity index (χ3n) is 6.96. The van der Waals surface area contributed by atoms with Crippen molar-refractivity contribution in [2.24, 2.45) is 0 Å². The summed E-state index contributed by atoms with van der Waals surface area (Å²) in [6.07, 6.45) is 1.77. The summed E-state index contributed by atoms with van der Waals surface area (Å²) < 4.78 is 6.13. The molecule has 5 aromatic carbocycles. The van der Waals surface area contributed by atoms with Gasteiger partial charge in [-0.3, -0.25) is 0 Å². The summed E-state index contributed by atoms with van der Waals surface area (Å²) in [7, 11) is 0. The zero-order valence-corrected chi connectivity index (χ0v) is 20.7. The molecule has 180 valence electrons. The molecule has 0 atom stereocenters. The molecule has 38 heavy (non-hydrogen) atoms. The van der Waals surface area contributed by atoms with E-state index in [-0.39, 0.29) is 0 Å². The average Bonchev–Trinajstić information content (AvgIpc) is 3.38. The Labute approximate surface area is 221 Å². The van der Waals surface area contributed by atoms with Crippen LogP contribution in [-0.2, 0) is 0 Å². The van der Waals surface area contributed by atoms with Crippen molar-refractivity contribution in [1.29, 1.82) is 0 Å². The Morgan fingerprint density at radius 2 is 1.03 bits per heavy atom. The minimum absolute atomic E-state index is 0.647. The Morgan fingerprint density at radius 1 is 0.474 bits per heavy atom. The third-order valence-corrected chi connectivity index (χ3v) is 6.96. The van der Waals surface area contributed by atoms with E-state index in [1.165, 1.54) is 22.3 Å². The van der Waals surface area contributed by atoms with E-state index < -0.39 is 0 Å². The Bertz CT molecular complexity index is 1760. The lowest BCUT2D eigenvalue weighted by atomic mass is 10.0. The predicted molar refractivity (Wildman–Crippen MR) is 157 cm³/mol. The molecule has 2 aromatic heterocycles. The van der Waals surface area contributed by atoms with Crippen molar-refractivity contribution >= 4 is 39.1 Å². The number of anilines is 3. The lowest BCUT2D eigenvalue weighted by molar-refractivity contribution is 0.654. The van der Waals surface area contributed by atoms with E-state index in [0.717, 1.165) is 33.4 Å². The highest BCUT2D eigenvalue weighted by Gasteiger charge is 2.19. The second-order valence-corrected chi connectivity index (χ2v) is 9.27. The van der Waals surface area contributed by atoms with E-state index in [9.17, 15) is 0 Å². The maximum atomic E-state index is 6.13. The summed E-state index contributed by atoms with van der Waals surface area (Å²) >= 11 is 0. The van der Waals surface area contributed by atoms with E-state index in [1.807, 2.05) is 30.3 Å². The smallest absolute Gasteiger partial charge is 0.227 e. The van der Waals surface area contributed by atoms with Crippen LogP contribution in [0.4, 0.5) is 17.1 Å². The van der Waals surface area contributed by atoms with Gasteiger partial charge in [0.1, 0.15) is 5.58 Å². The average molecular weight is 489 g/mol. The molecule has 7 aromatic rings. The van der Waals surface area contributed by atoms with Crippen molar-refractivity contribution in [2.75, 3.05) is 4.90 Å². The molecular formula is C35H24N2O. The highest BCUT2D eigenvalue weighted by Crippen LogP contribution is 2.43. The number of rotatable bonds is 5. The number of benzene rings is 5. The number of hydrogen-bond acceptors (Lipinski definition) is 3. The first-order valence-corrected chi connectivity index (χ1v) is 12.7. The quantitative estimate of drug-likeness (QED) is 0.241. The molecule has 3 nitrogen and oxygen atoms in total. The summed E-state index contributed by atoms with van der Waals surface area (Å²) in [5, 5.41) is 2.06. The van der Waals surface area contributed by atoms with Crippen molar-refractivity contribution in [3.63, 3.8) is 0 Å². The molecule has 0 saturated carbocycles. The van der Waals surface area contributed by atoms with Crippen molar-refractivity contribution in [3.8, 4) is 22.3 Å². The Balaban J connectivity index is 1.40. The van der Waals surface area contributed by atoms with Crippen LogP contribution in [0.5, 0.6) is 0 Å². The van der Waals surface area contributed by atoms with E-state index in [2.05, 4.69) is 119 Å². The van der Waals surface area contributed by atoms with Crippen molar-refractivity contribution in [3.05, 3.63) is 146 Å². The van der Waals surface area contributed by atoms with Gasteiger partial charge in [-0.2, -0.15) is 0 Å². The zero-order chi connectivity index (χ0) is 25.3. The van der Waals surface area contributed by atoms with Crippen LogP contribution in [0.25, 0.3) is 44.3 Å². The maximum Gasteiger partial charge on any atom is 0.227 e. The van der Waals surface area contributed by atoms with Crippen molar-refractivity contribution in [2.45, 2.75) is 0 Å². The Morgan fingerprint density at radius 3 is 1.61 bits per heavy atom. The van der Waals surface area contributed by atoms with Gasteiger partial charge in [0.15, 0.2) is 0 Å². The molecule has 0 aliphatic heterocycles. The summed E-state index contributed by atoms with van der Waals surface area (Å²) in [6, 6.07) is 48.7. The molecule has 0 saturated heterocycles. The summed E-state index contributed by atoms with van der Waals surface area (Å²) in [4.78, 5) is 6.77. The van der Waals surface area contributed by atoms with Crippen LogP contribution in [0.2, 0.25) is 0 Å². The number of pyridine rings is 1. The molecule has 0 spiro atoms. The van der Waals surface area contributed by atoms with E-state index in [4.69, 9.17) is 4.42 Å². The molecule has 0 radical (unpaired) electrons. The fraction of sp³-hybridized carbons (Fsp3) is 0. The van der Waals surface area contributed by atoms with Gasteiger partial charge >= 0.3 is 0 Å². The van der Waals surface area contributed by atoms with Crippen molar-refractivity contribution < 1.29 is 4.42 Å². The predicted octanol–water partition coefficient (Wildman–Crippen LogP) is 9.78. The van der Waals surface area contributed by atoms with E-state index in [1.54, 1.807) is 6.20 Å². The lowest BCUT2D eigenvalue weighted by Gasteiger charge is -2.26. The van der Waals surface area contributed by atoms with Gasteiger partial charge in [-0.15, -0.1) is 0 Å². The third kappa shape index (κ3) is 3.91. The molecule has 7 rings (SSSR count). The molecule has 0 N–H and O–H groups in total. The minimum Gasteiger partial charge on any atom is -0.438 e. The first-order valence-electron chi connectivity index (χ1n) is 12.7. The molecule has 2 heterocycles. The fourth-order valence-corrected chi connectivity index (χ4v) is 5.12. The highest BCUT2D eigenvalue weighted by atomic mass is 16.3. The van der Waals surface area contributed by atoms with Crippen molar-refractivity contribution in [1.82, 2.24) is 4.98 Å². The molecule has 3 heteroatoms. The van der Waals surface area contributed by atoms with Gasteiger partial charge in [-0.05, 0) is 70.8 Å². The van der Waals surface area contributed by atoms with Gasteiger partial charge in [-0.1, -0.05) is 91.0 Å². The number of hydrogen-bond donors (Lipinski definition) is 0. The number of furan rings is 1. The topological polar surface area (TPSA) is 29.3 Å². The van der Waals surface area contributed by atoms with Crippen LogP contribution >= 0.6 is 0 Å². The molecular weight excluding hydrogens is 464 g/mol.